The summed E-state index contributed by atoms with van der Waals surface area (Å²) in [5.74, 6) is -0.152. The maximum absolute atomic E-state index is 11.2. The van der Waals surface area contributed by atoms with Crippen molar-refractivity contribution in [2.75, 3.05) is 7.11 Å². The summed E-state index contributed by atoms with van der Waals surface area (Å²) in [4.78, 5) is 11.2. The van der Waals surface area contributed by atoms with Crippen LogP contribution >= 0.6 is 0 Å². The Kier molecular flexibility index (Phi) is 3.79. The Labute approximate surface area is 102 Å². The summed E-state index contributed by atoms with van der Waals surface area (Å²) in [6.45, 7) is 2.03. The number of carbonyl (C=O) groups is 1. The number of esters is 1. The lowest BCUT2D eigenvalue weighted by Gasteiger charge is -2.18. The van der Waals surface area contributed by atoms with E-state index in [0.717, 1.165) is 12.8 Å². The van der Waals surface area contributed by atoms with Crippen molar-refractivity contribution in [3.8, 4) is 0 Å². The molecule has 0 aliphatic heterocycles. The van der Waals surface area contributed by atoms with Crippen LogP contribution in [0.3, 0.4) is 0 Å². The summed E-state index contributed by atoms with van der Waals surface area (Å²) in [6, 6.07) is 9.15. The maximum atomic E-state index is 11.2. The molecule has 1 aliphatic rings. The van der Waals surface area contributed by atoms with Crippen molar-refractivity contribution in [3.63, 3.8) is 0 Å². The van der Waals surface area contributed by atoms with Crippen LogP contribution in [0.4, 0.5) is 0 Å². The average molecular weight is 233 g/mol. The van der Waals surface area contributed by atoms with E-state index in [1.165, 1.54) is 18.2 Å². The Hall–Kier alpha value is -1.35. The number of nitrogens with one attached hydrogen (secondary N) is 1. The number of ether oxygens (including phenoxy) is 1. The summed E-state index contributed by atoms with van der Waals surface area (Å²) in [6.07, 6.45) is 2.55. The van der Waals surface area contributed by atoms with Gasteiger partial charge in [-0.05, 0) is 30.9 Å². The largest absolute Gasteiger partial charge is 0.469 e. The Morgan fingerprint density at radius 3 is 2.53 bits per heavy atom. The molecular weight excluding hydrogens is 214 g/mol. The molecule has 1 unspecified atom stereocenters. The molecule has 92 valence electrons. The quantitative estimate of drug-likeness (QED) is 0.804. The minimum absolute atomic E-state index is 0.152. The highest BCUT2D eigenvalue weighted by Gasteiger charge is 2.22. The lowest BCUT2D eigenvalue weighted by atomic mass is 10.1. The molecule has 0 fully saturated rings. The Bertz CT molecular complexity index is 378. The molecule has 2 rings (SSSR count). The van der Waals surface area contributed by atoms with E-state index in [-0.39, 0.29) is 12.0 Å². The van der Waals surface area contributed by atoms with E-state index >= 15 is 0 Å². The molecule has 1 aromatic rings. The van der Waals surface area contributed by atoms with Gasteiger partial charge in [-0.25, -0.2) is 0 Å². The number of benzene rings is 1. The Balaban J connectivity index is 1.85. The van der Waals surface area contributed by atoms with Gasteiger partial charge in [0, 0.05) is 12.1 Å². The highest BCUT2D eigenvalue weighted by molar-refractivity contribution is 5.69. The van der Waals surface area contributed by atoms with Crippen molar-refractivity contribution < 1.29 is 9.53 Å². The van der Waals surface area contributed by atoms with Crippen molar-refractivity contribution >= 4 is 5.97 Å². The topological polar surface area (TPSA) is 38.3 Å². The first kappa shape index (κ1) is 12.1. The van der Waals surface area contributed by atoms with Gasteiger partial charge in [0.05, 0.1) is 13.5 Å². The lowest BCUT2D eigenvalue weighted by molar-refractivity contribution is -0.141. The van der Waals surface area contributed by atoms with Crippen molar-refractivity contribution in [3.05, 3.63) is 35.4 Å². The highest BCUT2D eigenvalue weighted by Crippen LogP contribution is 2.22. The van der Waals surface area contributed by atoms with E-state index in [4.69, 9.17) is 0 Å². The molecule has 3 nitrogen and oxygen atoms in total. The monoisotopic (exact) mass is 233 g/mol. The van der Waals surface area contributed by atoms with Gasteiger partial charge in [0.1, 0.15) is 0 Å². The van der Waals surface area contributed by atoms with Gasteiger partial charge in [-0.2, -0.15) is 0 Å². The molecule has 0 radical (unpaired) electrons. The van der Waals surface area contributed by atoms with E-state index < -0.39 is 0 Å². The number of methoxy groups -OCH3 is 1. The van der Waals surface area contributed by atoms with Crippen LogP contribution in [0, 0.1) is 0 Å². The van der Waals surface area contributed by atoms with Crippen molar-refractivity contribution in [1.82, 2.24) is 5.32 Å². The predicted molar refractivity (Wildman–Crippen MR) is 66.9 cm³/mol. The standard InChI is InChI=1S/C14H19NO2/c1-10(7-14(16)17-2)15-13-8-11-5-3-4-6-12(11)9-13/h3-6,10,13,15H,7-9H2,1-2H3. The SMILES string of the molecule is COC(=O)CC(C)NC1Cc2ccccc2C1. The summed E-state index contributed by atoms with van der Waals surface area (Å²) in [5, 5.41) is 3.49. The molecule has 0 bridgehead atoms. The zero-order valence-corrected chi connectivity index (χ0v) is 10.4. The number of rotatable bonds is 4. The fourth-order valence-corrected chi connectivity index (χ4v) is 2.47. The van der Waals surface area contributed by atoms with Gasteiger partial charge in [0.2, 0.25) is 0 Å². The van der Waals surface area contributed by atoms with Crippen molar-refractivity contribution in [2.24, 2.45) is 0 Å². The third kappa shape index (κ3) is 3.07. The van der Waals surface area contributed by atoms with E-state index in [0.29, 0.717) is 12.5 Å². The second kappa shape index (κ2) is 5.32. The zero-order valence-electron chi connectivity index (χ0n) is 10.4. The number of carbonyl (C=O) groups excluding carboxylic acids is 1. The minimum Gasteiger partial charge on any atom is -0.469 e. The summed E-state index contributed by atoms with van der Waals surface area (Å²) in [5.41, 5.74) is 2.85. The van der Waals surface area contributed by atoms with Crippen LogP contribution in [0.2, 0.25) is 0 Å². The summed E-state index contributed by atoms with van der Waals surface area (Å²) in [7, 11) is 1.43. The van der Waals surface area contributed by atoms with Gasteiger partial charge in [0.25, 0.3) is 0 Å². The molecule has 1 aromatic carbocycles. The summed E-state index contributed by atoms with van der Waals surface area (Å²) >= 11 is 0. The molecule has 1 N–H and O–H groups in total. The first-order chi connectivity index (χ1) is 8.19. The lowest BCUT2D eigenvalue weighted by Crippen LogP contribution is -2.38. The molecular formula is C14H19NO2. The van der Waals surface area contributed by atoms with Gasteiger partial charge in [-0.1, -0.05) is 24.3 Å². The second-order valence-electron chi connectivity index (χ2n) is 4.72. The third-order valence-electron chi connectivity index (χ3n) is 3.27. The molecule has 1 atom stereocenters. The fraction of sp³-hybridized carbons (Fsp3) is 0.500. The minimum atomic E-state index is -0.152. The van der Waals surface area contributed by atoms with Crippen LogP contribution in [-0.4, -0.2) is 25.2 Å². The van der Waals surface area contributed by atoms with Gasteiger partial charge < -0.3 is 10.1 Å². The van der Waals surface area contributed by atoms with Crippen LogP contribution in [-0.2, 0) is 22.4 Å². The molecule has 0 amide bonds. The molecule has 0 saturated carbocycles. The molecule has 0 heterocycles. The van der Waals surface area contributed by atoms with Crippen LogP contribution in [0.5, 0.6) is 0 Å². The second-order valence-corrected chi connectivity index (χ2v) is 4.72. The van der Waals surface area contributed by atoms with Crippen LogP contribution in [0.15, 0.2) is 24.3 Å². The molecule has 0 aromatic heterocycles. The smallest absolute Gasteiger partial charge is 0.307 e. The zero-order chi connectivity index (χ0) is 12.3. The molecule has 17 heavy (non-hydrogen) atoms. The Morgan fingerprint density at radius 1 is 1.41 bits per heavy atom. The normalized spacial score (nSPS) is 16.6. The predicted octanol–water partition coefficient (Wildman–Crippen LogP) is 1.69. The first-order valence-electron chi connectivity index (χ1n) is 6.08. The molecule has 0 saturated heterocycles. The molecule has 3 heteroatoms. The maximum Gasteiger partial charge on any atom is 0.307 e. The van der Waals surface area contributed by atoms with E-state index in [9.17, 15) is 4.79 Å². The van der Waals surface area contributed by atoms with Crippen LogP contribution < -0.4 is 5.32 Å². The fourth-order valence-electron chi connectivity index (χ4n) is 2.47. The van der Waals surface area contributed by atoms with E-state index in [2.05, 4.69) is 34.3 Å². The van der Waals surface area contributed by atoms with Crippen LogP contribution in [0.25, 0.3) is 0 Å². The highest BCUT2D eigenvalue weighted by atomic mass is 16.5. The molecule has 1 aliphatic carbocycles. The van der Waals surface area contributed by atoms with Gasteiger partial charge >= 0.3 is 5.97 Å². The molecule has 0 spiro atoms. The van der Waals surface area contributed by atoms with Gasteiger partial charge in [-0.3, -0.25) is 4.79 Å². The first-order valence-corrected chi connectivity index (χ1v) is 6.08. The number of hydrogen-bond donors (Lipinski definition) is 1. The number of hydrogen-bond acceptors (Lipinski definition) is 3. The van der Waals surface area contributed by atoms with E-state index in [1.807, 2.05) is 6.92 Å². The summed E-state index contributed by atoms with van der Waals surface area (Å²) < 4.78 is 4.67. The number of fused-ring (bicyclic) bond motifs is 1. The Morgan fingerprint density at radius 2 is 2.00 bits per heavy atom. The van der Waals surface area contributed by atoms with Crippen molar-refractivity contribution in [1.29, 1.82) is 0 Å². The van der Waals surface area contributed by atoms with Crippen molar-refractivity contribution in [2.45, 2.75) is 38.3 Å². The average Bonchev–Trinajstić information content (AvgIpc) is 2.70. The van der Waals surface area contributed by atoms with Gasteiger partial charge in [-0.15, -0.1) is 0 Å². The van der Waals surface area contributed by atoms with E-state index in [1.54, 1.807) is 0 Å². The third-order valence-corrected chi connectivity index (χ3v) is 3.27. The van der Waals surface area contributed by atoms with Crippen LogP contribution in [0.1, 0.15) is 24.5 Å². The van der Waals surface area contributed by atoms with Gasteiger partial charge in [0.15, 0.2) is 0 Å².